The third-order valence-corrected chi connectivity index (χ3v) is 6.64. The Hall–Kier alpha value is -4.54. The molecule has 0 aliphatic carbocycles. The number of rotatable bonds is 5. The van der Waals surface area contributed by atoms with Gasteiger partial charge in [-0.3, -0.25) is 14.5 Å². The molecule has 1 saturated heterocycles. The lowest BCUT2D eigenvalue weighted by atomic mass is 9.94. The molecule has 0 spiro atoms. The molecule has 0 atom stereocenters. The number of hydrogen-bond acceptors (Lipinski definition) is 4. The first kappa shape index (κ1) is 29.4. The Kier molecular flexibility index (Phi) is 9.16. The van der Waals surface area contributed by atoms with Crippen molar-refractivity contribution >= 4 is 40.8 Å². The zero-order chi connectivity index (χ0) is 29.7. The van der Waals surface area contributed by atoms with Crippen molar-refractivity contribution < 1.29 is 23.6 Å². The van der Waals surface area contributed by atoms with E-state index in [0.29, 0.717) is 18.9 Å². The van der Waals surface area contributed by atoms with Crippen molar-refractivity contribution in [2.24, 2.45) is 4.99 Å². The third kappa shape index (κ3) is 6.79. The van der Waals surface area contributed by atoms with Crippen LogP contribution in [0.4, 0.5) is 19.7 Å². The number of piperazine rings is 1. The van der Waals surface area contributed by atoms with Crippen LogP contribution in [0, 0.1) is 5.82 Å². The predicted octanol–water partition coefficient (Wildman–Crippen LogP) is 3.43. The lowest BCUT2D eigenvalue weighted by Gasteiger charge is -2.36. The van der Waals surface area contributed by atoms with E-state index in [1.165, 1.54) is 28.0 Å². The summed E-state index contributed by atoms with van der Waals surface area (Å²) in [5.41, 5.74) is 0.864. The average Bonchev–Trinajstić information content (AvgIpc) is 2.94. The summed E-state index contributed by atoms with van der Waals surface area (Å²) in [4.78, 5) is 60.9. The molecule has 1 fully saturated rings. The van der Waals surface area contributed by atoms with E-state index in [4.69, 9.17) is 0 Å². The van der Waals surface area contributed by atoms with Crippen LogP contribution in [-0.2, 0) is 9.59 Å². The lowest BCUT2D eigenvalue weighted by Crippen LogP contribution is -2.53. The molecule has 2 aliphatic heterocycles. The van der Waals surface area contributed by atoms with Crippen LogP contribution in [-0.4, -0.2) is 84.2 Å². The van der Waals surface area contributed by atoms with E-state index in [1.54, 1.807) is 6.07 Å². The highest BCUT2D eigenvalue weighted by Gasteiger charge is 2.35. The van der Waals surface area contributed by atoms with Crippen molar-refractivity contribution in [1.82, 2.24) is 20.4 Å². The van der Waals surface area contributed by atoms with Crippen molar-refractivity contribution in [3.8, 4) is 0 Å². The first-order valence-corrected chi connectivity index (χ1v) is 13.7. The number of halogens is 1. The Bertz CT molecular complexity index is 1380. The Labute approximate surface area is 238 Å². The van der Waals surface area contributed by atoms with E-state index < -0.39 is 29.6 Å². The molecule has 41 heavy (non-hydrogen) atoms. The van der Waals surface area contributed by atoms with Crippen LogP contribution in [0.2, 0.25) is 0 Å². The molecular weight excluding hydrogens is 527 g/mol. The smallest absolute Gasteiger partial charge is 0.343 e. The standard InChI is InChI=1S/C30H35FN6O4/c1-19(2)32-29(40)34-27(21-9-6-5-7-10-21)35-15-17-36(18-16-35)28(39)26(38)22-13-14-37(30(41)33-20(3)4)24-12-8-11-23(31)25(22)24/h5-13,19-20H,14-18H2,1-4H3,(H,32,40)(H,33,41)/b34-27+. The number of ketones is 1. The molecule has 2 aromatic rings. The number of nitrogens with one attached hydrogen (secondary N) is 2. The first-order chi connectivity index (χ1) is 19.6. The number of carbonyl (C=O) groups excluding carboxylic acids is 4. The minimum Gasteiger partial charge on any atom is -0.352 e. The van der Waals surface area contributed by atoms with E-state index in [-0.39, 0.29) is 48.5 Å². The number of fused-ring (bicyclic) bond motifs is 1. The monoisotopic (exact) mass is 562 g/mol. The first-order valence-electron chi connectivity index (χ1n) is 13.7. The molecule has 11 heteroatoms. The van der Waals surface area contributed by atoms with Gasteiger partial charge in [0.1, 0.15) is 11.7 Å². The highest BCUT2D eigenvalue weighted by atomic mass is 19.1. The molecule has 4 rings (SSSR count). The summed E-state index contributed by atoms with van der Waals surface area (Å²) < 4.78 is 15.0. The quantitative estimate of drug-likeness (QED) is 0.329. The van der Waals surface area contributed by atoms with Crippen molar-refractivity contribution in [2.75, 3.05) is 37.6 Å². The molecule has 0 unspecified atom stereocenters. The minimum atomic E-state index is -0.832. The van der Waals surface area contributed by atoms with E-state index in [9.17, 15) is 19.2 Å². The van der Waals surface area contributed by atoms with E-state index in [1.807, 2.05) is 62.9 Å². The van der Waals surface area contributed by atoms with Crippen LogP contribution >= 0.6 is 0 Å². The van der Waals surface area contributed by atoms with Crippen LogP contribution in [0.25, 0.3) is 5.57 Å². The fourth-order valence-electron chi connectivity index (χ4n) is 4.77. The van der Waals surface area contributed by atoms with Gasteiger partial charge in [-0.2, -0.15) is 4.99 Å². The topological polar surface area (TPSA) is 114 Å². The molecule has 2 N–H and O–H groups in total. The molecule has 216 valence electrons. The van der Waals surface area contributed by atoms with Gasteiger partial charge in [0.25, 0.3) is 11.7 Å². The molecule has 0 radical (unpaired) electrons. The van der Waals surface area contributed by atoms with Crippen LogP contribution in [0.5, 0.6) is 0 Å². The summed E-state index contributed by atoms with van der Waals surface area (Å²) in [6.07, 6.45) is 1.43. The van der Waals surface area contributed by atoms with Gasteiger partial charge in [0.15, 0.2) is 0 Å². The number of nitrogens with zero attached hydrogens (tertiary/aromatic N) is 4. The van der Waals surface area contributed by atoms with Crippen molar-refractivity contribution in [3.63, 3.8) is 0 Å². The van der Waals surface area contributed by atoms with Gasteiger partial charge in [-0.25, -0.2) is 14.0 Å². The summed E-state index contributed by atoms with van der Waals surface area (Å²) >= 11 is 0. The second-order valence-electron chi connectivity index (χ2n) is 10.5. The molecule has 0 bridgehead atoms. The number of Topliss-reactive ketones (excluding diaryl/α,β-unsaturated/α-hetero) is 1. The number of amides is 5. The molecule has 5 amide bonds. The molecule has 0 saturated carbocycles. The van der Waals surface area contributed by atoms with Crippen molar-refractivity contribution in [2.45, 2.75) is 39.8 Å². The van der Waals surface area contributed by atoms with Gasteiger partial charge in [-0.15, -0.1) is 0 Å². The number of aliphatic imine (C=N–C) groups is 1. The van der Waals surface area contributed by atoms with Crippen LogP contribution in [0.3, 0.4) is 0 Å². The Morgan fingerprint density at radius 2 is 1.46 bits per heavy atom. The zero-order valence-electron chi connectivity index (χ0n) is 23.7. The van der Waals surface area contributed by atoms with Crippen LogP contribution < -0.4 is 15.5 Å². The fraction of sp³-hybridized carbons (Fsp3) is 0.367. The Morgan fingerprint density at radius 1 is 0.829 bits per heavy atom. The van der Waals surface area contributed by atoms with Gasteiger partial charge in [0, 0.05) is 61.5 Å². The fourth-order valence-corrected chi connectivity index (χ4v) is 4.77. The third-order valence-electron chi connectivity index (χ3n) is 6.64. The van der Waals surface area contributed by atoms with Gasteiger partial charge in [-0.05, 0) is 39.8 Å². The number of amidine groups is 1. The maximum atomic E-state index is 15.0. The lowest BCUT2D eigenvalue weighted by molar-refractivity contribution is -0.142. The van der Waals surface area contributed by atoms with E-state index in [0.717, 1.165) is 5.56 Å². The van der Waals surface area contributed by atoms with Gasteiger partial charge in [0.05, 0.1) is 5.69 Å². The molecule has 0 aromatic heterocycles. The summed E-state index contributed by atoms with van der Waals surface area (Å²) in [6, 6.07) is 12.4. The summed E-state index contributed by atoms with van der Waals surface area (Å²) in [7, 11) is 0. The largest absolute Gasteiger partial charge is 0.352 e. The molecule has 2 heterocycles. The van der Waals surface area contributed by atoms with Crippen molar-refractivity contribution in [1.29, 1.82) is 0 Å². The average molecular weight is 563 g/mol. The van der Waals surface area contributed by atoms with Gasteiger partial charge in [0.2, 0.25) is 0 Å². The second-order valence-corrected chi connectivity index (χ2v) is 10.5. The molecule has 10 nitrogen and oxygen atoms in total. The normalized spacial score (nSPS) is 15.4. The van der Waals surface area contributed by atoms with E-state index in [2.05, 4.69) is 15.6 Å². The second kappa shape index (κ2) is 12.8. The van der Waals surface area contributed by atoms with Gasteiger partial charge in [-0.1, -0.05) is 42.5 Å². The highest BCUT2D eigenvalue weighted by molar-refractivity contribution is 6.54. The molecule has 2 aromatic carbocycles. The number of urea groups is 2. The molecular formula is C30H35FN6O4. The number of anilines is 1. The predicted molar refractivity (Wildman–Crippen MR) is 155 cm³/mol. The number of carbonyl (C=O) groups is 4. The maximum absolute atomic E-state index is 15.0. The van der Waals surface area contributed by atoms with E-state index >= 15 is 4.39 Å². The van der Waals surface area contributed by atoms with Gasteiger partial charge < -0.3 is 20.4 Å². The number of hydrogen-bond donors (Lipinski definition) is 2. The zero-order valence-corrected chi connectivity index (χ0v) is 23.7. The SMILES string of the molecule is CC(C)NC(=O)/N=C(\c1ccccc1)N1CCN(C(=O)C(=O)C2=CCN(C(=O)NC(C)C)c3cccc(F)c32)CC1. The van der Waals surface area contributed by atoms with Crippen molar-refractivity contribution in [3.05, 3.63) is 71.6 Å². The Morgan fingerprint density at radius 3 is 2.10 bits per heavy atom. The highest BCUT2D eigenvalue weighted by Crippen LogP contribution is 2.34. The number of benzene rings is 2. The maximum Gasteiger partial charge on any atom is 0.343 e. The van der Waals surface area contributed by atoms with Crippen LogP contribution in [0.1, 0.15) is 38.8 Å². The summed E-state index contributed by atoms with van der Waals surface area (Å²) in [5.74, 6) is -1.79. The Balaban J connectivity index is 1.50. The van der Waals surface area contributed by atoms with Gasteiger partial charge >= 0.3 is 12.1 Å². The molecule has 2 aliphatic rings. The minimum absolute atomic E-state index is 0.0203. The summed E-state index contributed by atoms with van der Waals surface area (Å²) in [5, 5.41) is 5.54. The summed E-state index contributed by atoms with van der Waals surface area (Å²) in [6.45, 7) is 8.45. The van der Waals surface area contributed by atoms with Crippen LogP contribution in [0.15, 0.2) is 59.6 Å².